The van der Waals surface area contributed by atoms with E-state index in [0.717, 1.165) is 24.5 Å². The largest absolute Gasteiger partial charge is 0.340 e. The standard InChI is InChI=1S/C21H24N4/c1-4-18-12-8-9-16(2)20(18)23-19-13-14-22-21(24-19)25(3)15-17-10-6-5-7-11-17/h5-14H,4,15H2,1-3H3,(H,22,23,24). The van der Waals surface area contributed by atoms with Gasteiger partial charge in [0.15, 0.2) is 0 Å². The van der Waals surface area contributed by atoms with Crippen LogP contribution in [-0.4, -0.2) is 17.0 Å². The predicted octanol–water partition coefficient (Wildman–Crippen LogP) is 4.73. The quantitative estimate of drug-likeness (QED) is 0.708. The minimum atomic E-state index is 0.709. The monoisotopic (exact) mass is 332 g/mol. The number of hydrogen-bond acceptors (Lipinski definition) is 4. The second-order valence-corrected chi connectivity index (χ2v) is 6.17. The first-order valence-electron chi connectivity index (χ1n) is 8.61. The molecule has 0 atom stereocenters. The maximum Gasteiger partial charge on any atom is 0.227 e. The van der Waals surface area contributed by atoms with Crippen LogP contribution in [0.25, 0.3) is 0 Å². The van der Waals surface area contributed by atoms with Crippen molar-refractivity contribution in [2.45, 2.75) is 26.8 Å². The Kier molecular flexibility index (Phi) is 5.29. The van der Waals surface area contributed by atoms with Crippen molar-refractivity contribution in [2.75, 3.05) is 17.3 Å². The second-order valence-electron chi connectivity index (χ2n) is 6.17. The summed E-state index contributed by atoms with van der Waals surface area (Å²) in [4.78, 5) is 11.2. The van der Waals surface area contributed by atoms with Gasteiger partial charge in [0.2, 0.25) is 5.95 Å². The number of benzene rings is 2. The van der Waals surface area contributed by atoms with E-state index in [9.17, 15) is 0 Å². The summed E-state index contributed by atoms with van der Waals surface area (Å²) in [6, 6.07) is 18.6. The SMILES string of the molecule is CCc1cccc(C)c1Nc1ccnc(N(C)Cc2ccccc2)n1. The minimum Gasteiger partial charge on any atom is -0.340 e. The normalized spacial score (nSPS) is 10.5. The lowest BCUT2D eigenvalue weighted by Crippen LogP contribution is -2.19. The van der Waals surface area contributed by atoms with Crippen LogP contribution in [0.4, 0.5) is 17.5 Å². The first-order chi connectivity index (χ1) is 12.2. The van der Waals surface area contributed by atoms with E-state index in [-0.39, 0.29) is 0 Å². The van der Waals surface area contributed by atoms with Crippen molar-refractivity contribution in [2.24, 2.45) is 0 Å². The molecular weight excluding hydrogens is 308 g/mol. The van der Waals surface area contributed by atoms with E-state index >= 15 is 0 Å². The topological polar surface area (TPSA) is 41.1 Å². The van der Waals surface area contributed by atoms with Gasteiger partial charge in [-0.05, 0) is 36.1 Å². The zero-order valence-corrected chi connectivity index (χ0v) is 15.0. The lowest BCUT2D eigenvalue weighted by molar-refractivity contribution is 0.868. The Morgan fingerprint density at radius 2 is 1.80 bits per heavy atom. The average Bonchev–Trinajstić information content (AvgIpc) is 2.64. The molecule has 4 heteroatoms. The smallest absolute Gasteiger partial charge is 0.227 e. The zero-order valence-electron chi connectivity index (χ0n) is 15.0. The molecule has 1 heterocycles. The third-order valence-electron chi connectivity index (χ3n) is 4.24. The fraction of sp³-hybridized carbons (Fsp3) is 0.238. The highest BCUT2D eigenvalue weighted by Gasteiger charge is 2.09. The van der Waals surface area contributed by atoms with Crippen LogP contribution in [0.2, 0.25) is 0 Å². The third-order valence-corrected chi connectivity index (χ3v) is 4.24. The highest BCUT2D eigenvalue weighted by atomic mass is 15.2. The van der Waals surface area contributed by atoms with E-state index in [1.54, 1.807) is 6.20 Å². The summed E-state index contributed by atoms with van der Waals surface area (Å²) in [6.07, 6.45) is 2.78. The van der Waals surface area contributed by atoms with Gasteiger partial charge in [0, 0.05) is 25.5 Å². The Labute approximate surface area is 149 Å². The number of para-hydroxylation sites is 1. The summed E-state index contributed by atoms with van der Waals surface area (Å²) >= 11 is 0. The van der Waals surface area contributed by atoms with Crippen molar-refractivity contribution in [3.05, 3.63) is 77.5 Å². The van der Waals surface area contributed by atoms with Crippen LogP contribution in [0.5, 0.6) is 0 Å². The summed E-state index contributed by atoms with van der Waals surface area (Å²) in [6.45, 7) is 5.05. The van der Waals surface area contributed by atoms with Gasteiger partial charge in [-0.3, -0.25) is 0 Å². The second kappa shape index (κ2) is 7.79. The minimum absolute atomic E-state index is 0.709. The van der Waals surface area contributed by atoms with Crippen molar-refractivity contribution in [3.8, 4) is 0 Å². The number of rotatable bonds is 6. The van der Waals surface area contributed by atoms with Gasteiger partial charge in [0.25, 0.3) is 0 Å². The van der Waals surface area contributed by atoms with Gasteiger partial charge in [-0.15, -0.1) is 0 Å². The lowest BCUT2D eigenvalue weighted by atomic mass is 10.1. The summed E-state index contributed by atoms with van der Waals surface area (Å²) in [5.74, 6) is 1.52. The summed E-state index contributed by atoms with van der Waals surface area (Å²) in [7, 11) is 2.01. The van der Waals surface area contributed by atoms with Crippen LogP contribution < -0.4 is 10.2 Å². The van der Waals surface area contributed by atoms with Gasteiger partial charge in [-0.1, -0.05) is 55.5 Å². The molecule has 0 fully saturated rings. The lowest BCUT2D eigenvalue weighted by Gasteiger charge is -2.18. The fourth-order valence-electron chi connectivity index (χ4n) is 2.86. The van der Waals surface area contributed by atoms with E-state index in [4.69, 9.17) is 0 Å². The molecule has 0 aliphatic heterocycles. The number of anilines is 3. The number of aryl methyl sites for hydroxylation is 2. The van der Waals surface area contributed by atoms with E-state index in [0.29, 0.717) is 5.95 Å². The number of nitrogens with zero attached hydrogens (tertiary/aromatic N) is 3. The highest BCUT2D eigenvalue weighted by Crippen LogP contribution is 2.25. The summed E-state index contributed by atoms with van der Waals surface area (Å²) in [5.41, 5.74) is 4.88. The van der Waals surface area contributed by atoms with Crippen LogP contribution in [0, 0.1) is 6.92 Å². The predicted molar refractivity (Wildman–Crippen MR) is 104 cm³/mol. The van der Waals surface area contributed by atoms with Gasteiger partial charge in [-0.25, -0.2) is 4.98 Å². The molecule has 0 amide bonds. The molecule has 3 aromatic rings. The van der Waals surface area contributed by atoms with E-state index in [2.05, 4.69) is 64.4 Å². The van der Waals surface area contributed by atoms with Crippen molar-refractivity contribution in [1.82, 2.24) is 9.97 Å². The molecule has 0 aliphatic carbocycles. The van der Waals surface area contributed by atoms with Crippen LogP contribution in [0.15, 0.2) is 60.8 Å². The molecule has 1 aromatic heterocycles. The zero-order chi connectivity index (χ0) is 17.6. The van der Waals surface area contributed by atoms with E-state index in [1.807, 2.05) is 31.3 Å². The van der Waals surface area contributed by atoms with Gasteiger partial charge in [0.05, 0.1) is 0 Å². The molecular formula is C21H24N4. The van der Waals surface area contributed by atoms with Crippen molar-refractivity contribution >= 4 is 17.5 Å². The van der Waals surface area contributed by atoms with E-state index in [1.165, 1.54) is 16.7 Å². The van der Waals surface area contributed by atoms with Crippen LogP contribution in [0.1, 0.15) is 23.6 Å². The first-order valence-corrected chi connectivity index (χ1v) is 8.61. The number of nitrogens with one attached hydrogen (secondary N) is 1. The van der Waals surface area contributed by atoms with Crippen molar-refractivity contribution in [3.63, 3.8) is 0 Å². The molecule has 0 radical (unpaired) electrons. The molecule has 2 aromatic carbocycles. The molecule has 0 spiro atoms. The fourth-order valence-corrected chi connectivity index (χ4v) is 2.86. The van der Waals surface area contributed by atoms with Gasteiger partial charge in [0.1, 0.15) is 5.82 Å². The van der Waals surface area contributed by atoms with Crippen molar-refractivity contribution in [1.29, 1.82) is 0 Å². The maximum atomic E-state index is 4.68. The van der Waals surface area contributed by atoms with Gasteiger partial charge >= 0.3 is 0 Å². The first kappa shape index (κ1) is 17.0. The highest BCUT2D eigenvalue weighted by molar-refractivity contribution is 5.65. The molecule has 25 heavy (non-hydrogen) atoms. The van der Waals surface area contributed by atoms with Crippen LogP contribution >= 0.6 is 0 Å². The molecule has 0 aliphatic rings. The van der Waals surface area contributed by atoms with Crippen LogP contribution in [-0.2, 0) is 13.0 Å². The number of aromatic nitrogens is 2. The summed E-state index contributed by atoms with van der Waals surface area (Å²) in [5, 5.41) is 3.47. The molecule has 4 nitrogen and oxygen atoms in total. The van der Waals surface area contributed by atoms with Crippen LogP contribution in [0.3, 0.4) is 0 Å². The Bertz CT molecular complexity index is 830. The number of hydrogen-bond donors (Lipinski definition) is 1. The molecule has 3 rings (SSSR count). The Balaban J connectivity index is 1.80. The molecule has 0 unspecified atom stereocenters. The Morgan fingerprint density at radius 1 is 1.00 bits per heavy atom. The Hall–Kier alpha value is -2.88. The molecule has 0 saturated carbocycles. The van der Waals surface area contributed by atoms with Gasteiger partial charge < -0.3 is 10.2 Å². The summed E-state index contributed by atoms with van der Waals surface area (Å²) < 4.78 is 0. The van der Waals surface area contributed by atoms with E-state index < -0.39 is 0 Å². The van der Waals surface area contributed by atoms with Crippen molar-refractivity contribution < 1.29 is 0 Å². The Morgan fingerprint density at radius 3 is 2.56 bits per heavy atom. The average molecular weight is 332 g/mol. The molecule has 0 bridgehead atoms. The molecule has 0 saturated heterocycles. The maximum absolute atomic E-state index is 4.68. The molecule has 128 valence electrons. The van der Waals surface area contributed by atoms with Gasteiger partial charge in [-0.2, -0.15) is 4.98 Å². The third kappa shape index (κ3) is 4.15. The molecule has 1 N–H and O–H groups in total.